The lowest BCUT2D eigenvalue weighted by atomic mass is 10.1. The van der Waals surface area contributed by atoms with E-state index in [-0.39, 0.29) is 0 Å². The fraction of sp³-hybridized carbons (Fsp3) is 0.0667. The molecule has 2 aromatic carbocycles. The normalized spacial score (nSPS) is 7.65. The largest absolute Gasteiger partial charge is 0.497 e. The summed E-state index contributed by atoms with van der Waals surface area (Å²) in [5.41, 5.74) is 2.45. The van der Waals surface area contributed by atoms with Crippen molar-refractivity contribution in [2.75, 3.05) is 7.11 Å². The van der Waals surface area contributed by atoms with Gasteiger partial charge in [0.1, 0.15) is 5.75 Å². The predicted molar refractivity (Wildman–Crippen MR) is 75.3 cm³/mol. The quantitative estimate of drug-likeness (QED) is 0.648. The maximum absolute atomic E-state index is 8.35. The second-order valence-electron chi connectivity index (χ2n) is 3.30. The third kappa shape index (κ3) is 6.67. The predicted octanol–water partition coefficient (Wildman–Crippen LogP) is 3.16. The molecule has 2 aromatic rings. The van der Waals surface area contributed by atoms with Crippen LogP contribution in [0.1, 0.15) is 0 Å². The minimum atomic E-state index is 0.750. The van der Waals surface area contributed by atoms with Crippen LogP contribution in [0.4, 0.5) is 0 Å². The Morgan fingerprint density at radius 1 is 0.800 bits per heavy atom. The van der Waals surface area contributed by atoms with Gasteiger partial charge < -0.3 is 4.74 Å². The Labute approximate surface area is 116 Å². The summed E-state index contributed by atoms with van der Waals surface area (Å²) in [5.74, 6) is 0.893. The first-order valence-electron chi connectivity index (χ1n) is 5.50. The van der Waals surface area contributed by atoms with Gasteiger partial charge in [0.15, 0.2) is 0 Å². The number of ether oxygens (including phenoxy) is 1. The third-order valence-electron chi connectivity index (χ3n) is 2.20. The Morgan fingerprint density at radius 2 is 1.20 bits per heavy atom. The van der Waals surface area contributed by atoms with Gasteiger partial charge in [0.05, 0.1) is 7.11 Å². The van der Waals surface area contributed by atoms with Crippen LogP contribution < -0.4 is 4.74 Å². The molecule has 0 aliphatic heterocycles. The molecule has 0 saturated carbocycles. The molecule has 5 heteroatoms. The van der Waals surface area contributed by atoms with Gasteiger partial charge in [0.25, 0.3) is 0 Å². The van der Waals surface area contributed by atoms with E-state index in [1.54, 1.807) is 7.11 Å². The Bertz CT molecular complexity index is 541. The van der Waals surface area contributed by atoms with Gasteiger partial charge >= 0.3 is 0 Å². The molecule has 0 fully saturated rings. The molecule has 0 heterocycles. The van der Waals surface area contributed by atoms with Gasteiger partial charge in [-0.05, 0) is 23.3 Å². The average Bonchev–Trinajstić information content (AvgIpc) is 2.50. The SMILES string of the molecule is COc1ccc(-c2ccccc2)cc1.N=C=O.N=C=O. The zero-order valence-corrected chi connectivity index (χ0v) is 10.9. The van der Waals surface area contributed by atoms with Gasteiger partial charge in [-0.2, -0.15) is 0 Å². The lowest BCUT2D eigenvalue weighted by Gasteiger charge is -2.02. The number of rotatable bonds is 2. The molecule has 102 valence electrons. The van der Waals surface area contributed by atoms with E-state index in [0.717, 1.165) is 17.9 Å². The summed E-state index contributed by atoms with van der Waals surface area (Å²) in [6, 6.07) is 18.4. The molecule has 0 aliphatic rings. The van der Waals surface area contributed by atoms with Gasteiger partial charge in [-0.1, -0.05) is 42.5 Å². The maximum Gasteiger partial charge on any atom is 0.231 e. The molecule has 0 atom stereocenters. The van der Waals surface area contributed by atoms with Crippen molar-refractivity contribution in [1.82, 2.24) is 0 Å². The Morgan fingerprint density at radius 3 is 1.60 bits per heavy atom. The first-order chi connectivity index (χ1) is 9.73. The topological polar surface area (TPSA) is 91.1 Å². The molecule has 0 spiro atoms. The molecule has 0 bridgehead atoms. The van der Waals surface area contributed by atoms with Crippen LogP contribution >= 0.6 is 0 Å². The van der Waals surface area contributed by atoms with Crippen molar-refractivity contribution in [1.29, 1.82) is 10.8 Å². The zero-order chi connectivity index (χ0) is 15.2. The van der Waals surface area contributed by atoms with Crippen LogP contribution in [-0.4, -0.2) is 19.3 Å². The molecule has 0 aliphatic carbocycles. The van der Waals surface area contributed by atoms with E-state index in [1.807, 2.05) is 30.3 Å². The molecular formula is C15H14N2O3. The first kappa shape index (κ1) is 17.0. The van der Waals surface area contributed by atoms with Crippen molar-refractivity contribution >= 4 is 12.2 Å². The minimum Gasteiger partial charge on any atom is -0.497 e. The molecule has 0 unspecified atom stereocenters. The number of benzene rings is 2. The lowest BCUT2D eigenvalue weighted by molar-refractivity contribution is 0.415. The number of hydrogen-bond donors (Lipinski definition) is 2. The van der Waals surface area contributed by atoms with E-state index >= 15 is 0 Å². The van der Waals surface area contributed by atoms with Crippen molar-refractivity contribution in [3.05, 3.63) is 54.6 Å². The van der Waals surface area contributed by atoms with Crippen LogP contribution in [-0.2, 0) is 9.59 Å². The summed E-state index contributed by atoms with van der Waals surface area (Å²) in [6.07, 6.45) is 1.50. The summed E-state index contributed by atoms with van der Waals surface area (Å²) in [6.45, 7) is 0. The van der Waals surface area contributed by atoms with Gasteiger partial charge in [0.2, 0.25) is 12.2 Å². The van der Waals surface area contributed by atoms with Gasteiger partial charge in [-0.25, -0.2) is 20.4 Å². The fourth-order valence-corrected chi connectivity index (χ4v) is 1.41. The third-order valence-corrected chi connectivity index (χ3v) is 2.20. The summed E-state index contributed by atoms with van der Waals surface area (Å²) in [5, 5.41) is 10.8. The van der Waals surface area contributed by atoms with Crippen molar-refractivity contribution < 1.29 is 14.3 Å². The summed E-state index contributed by atoms with van der Waals surface area (Å²) in [4.78, 5) is 16.7. The van der Waals surface area contributed by atoms with Crippen LogP contribution in [0.2, 0.25) is 0 Å². The molecule has 2 N–H and O–H groups in total. The molecule has 2 rings (SSSR count). The average molecular weight is 270 g/mol. The van der Waals surface area contributed by atoms with E-state index in [4.69, 9.17) is 25.1 Å². The monoisotopic (exact) mass is 270 g/mol. The second-order valence-corrected chi connectivity index (χ2v) is 3.30. The molecule has 0 radical (unpaired) electrons. The number of carbonyl (C=O) groups excluding carboxylic acids is 2. The summed E-state index contributed by atoms with van der Waals surface area (Å²) in [7, 11) is 1.68. The molecular weight excluding hydrogens is 256 g/mol. The highest BCUT2D eigenvalue weighted by atomic mass is 16.5. The highest BCUT2D eigenvalue weighted by Crippen LogP contribution is 2.21. The molecule has 0 saturated heterocycles. The fourth-order valence-electron chi connectivity index (χ4n) is 1.41. The van der Waals surface area contributed by atoms with Crippen molar-refractivity contribution in [2.24, 2.45) is 0 Å². The molecule has 0 amide bonds. The van der Waals surface area contributed by atoms with E-state index < -0.39 is 0 Å². The van der Waals surface area contributed by atoms with Gasteiger partial charge in [-0.3, -0.25) is 0 Å². The van der Waals surface area contributed by atoms with Gasteiger partial charge in [-0.15, -0.1) is 0 Å². The zero-order valence-electron chi connectivity index (χ0n) is 10.9. The number of isocyanates is 2. The minimum absolute atomic E-state index is 0.750. The Balaban J connectivity index is 0.000000520. The highest BCUT2D eigenvalue weighted by molar-refractivity contribution is 5.63. The second kappa shape index (κ2) is 11.1. The summed E-state index contributed by atoms with van der Waals surface area (Å²) >= 11 is 0. The first-order valence-corrected chi connectivity index (χ1v) is 5.50. The Kier molecular flexibility index (Phi) is 9.44. The van der Waals surface area contributed by atoms with E-state index in [1.165, 1.54) is 11.1 Å². The summed E-state index contributed by atoms with van der Waals surface area (Å²) < 4.78 is 5.11. The number of nitrogens with one attached hydrogen (secondary N) is 2. The standard InChI is InChI=1S/C13H12O.2CHNO/c1-14-13-9-7-12(8-10-13)11-5-3-2-4-6-11;2*2-1-3/h2-10H,1H3;2*2H. The van der Waals surface area contributed by atoms with E-state index in [2.05, 4.69) is 24.3 Å². The number of methoxy groups -OCH3 is 1. The smallest absolute Gasteiger partial charge is 0.231 e. The van der Waals surface area contributed by atoms with E-state index in [0.29, 0.717) is 0 Å². The van der Waals surface area contributed by atoms with Crippen LogP contribution in [0.15, 0.2) is 54.6 Å². The molecule has 0 aromatic heterocycles. The number of hydrogen-bond acceptors (Lipinski definition) is 5. The van der Waals surface area contributed by atoms with Crippen LogP contribution in [0, 0.1) is 10.8 Å². The lowest BCUT2D eigenvalue weighted by Crippen LogP contribution is -1.82. The van der Waals surface area contributed by atoms with Crippen LogP contribution in [0.25, 0.3) is 11.1 Å². The molecule has 20 heavy (non-hydrogen) atoms. The highest BCUT2D eigenvalue weighted by Gasteiger charge is 1.95. The van der Waals surface area contributed by atoms with Gasteiger partial charge in [0, 0.05) is 0 Å². The Hall–Kier alpha value is -3.00. The van der Waals surface area contributed by atoms with E-state index in [9.17, 15) is 0 Å². The van der Waals surface area contributed by atoms with Crippen molar-refractivity contribution in [2.45, 2.75) is 0 Å². The van der Waals surface area contributed by atoms with Crippen LogP contribution in [0.3, 0.4) is 0 Å². The molecule has 5 nitrogen and oxygen atoms in total. The van der Waals surface area contributed by atoms with Crippen molar-refractivity contribution in [3.8, 4) is 16.9 Å². The van der Waals surface area contributed by atoms with Crippen molar-refractivity contribution in [3.63, 3.8) is 0 Å². The maximum atomic E-state index is 8.35. The van der Waals surface area contributed by atoms with Crippen LogP contribution in [0.5, 0.6) is 5.75 Å².